The van der Waals surface area contributed by atoms with Crippen molar-refractivity contribution in [2.75, 3.05) is 0 Å². The molecule has 0 aliphatic rings. The molecule has 0 aromatic rings. The van der Waals surface area contributed by atoms with Gasteiger partial charge in [-0.2, -0.15) is 0 Å². The first-order valence-corrected chi connectivity index (χ1v) is 31.0. The van der Waals surface area contributed by atoms with Crippen molar-refractivity contribution < 1.29 is 0 Å². The smallest absolute Gasteiger partial charge is 0 e. The van der Waals surface area contributed by atoms with Gasteiger partial charge in [0.15, 0.2) is 0 Å². The van der Waals surface area contributed by atoms with Gasteiger partial charge in [-0.25, -0.2) is 0 Å². The van der Waals surface area contributed by atoms with Crippen molar-refractivity contribution in [3.05, 3.63) is 712 Å². The molecular weight excluding hydrogens is 1490 g/mol. The minimum absolute atomic E-state index is 2.37. The summed E-state index contributed by atoms with van der Waals surface area (Å²) in [4.78, 5) is 0. The topological polar surface area (TPSA) is 0 Å². The first-order chi connectivity index (χ1) is 61.9. The summed E-state index contributed by atoms with van der Waals surface area (Å²) in [5, 5.41) is 0. The zero-order valence-electron chi connectivity index (χ0n) is 62.4. The van der Waals surface area contributed by atoms with Crippen molar-refractivity contribution >= 4 is 0 Å². The molecule has 0 unspecified atom stereocenters. The molecule has 0 amide bonds. The van der Waals surface area contributed by atoms with Gasteiger partial charge >= 0.3 is 0 Å². The van der Waals surface area contributed by atoms with E-state index < -0.39 is 0 Å². The lowest BCUT2D eigenvalue weighted by Gasteiger charge is -1.41. The molecule has 0 bridgehead atoms. The Kier molecular flexibility index (Phi) is 74.9. The van der Waals surface area contributed by atoms with Gasteiger partial charge in [0, 0.05) is 596 Å². The summed E-state index contributed by atoms with van der Waals surface area (Å²) in [6.45, 7) is 6.64. The van der Waals surface area contributed by atoms with Gasteiger partial charge in [-0.1, -0.05) is 11.5 Å². The lowest BCUT2D eigenvalue weighted by Crippen LogP contribution is -1.26. The molecule has 0 saturated heterocycles. The summed E-state index contributed by atoms with van der Waals surface area (Å²) in [5.74, 6) is 0. The van der Waals surface area contributed by atoms with Gasteiger partial charge in [-0.15, -0.1) is 0 Å². The molecule has 0 aliphatic heterocycles. The Morgan fingerprint density at radius 2 is 0.0645 bits per heavy atom. The molecule has 0 rings (SSSR count). The second-order valence-corrected chi connectivity index (χ2v) is 15.4. The molecule has 0 nitrogen and oxygen atoms in total. The van der Waals surface area contributed by atoms with Gasteiger partial charge in [-0.05, 0) is 105 Å². The van der Waals surface area contributed by atoms with E-state index in [4.69, 9.17) is 0 Å². The van der Waals surface area contributed by atoms with Crippen LogP contribution in [0.5, 0.6) is 0 Å². The summed E-state index contributed by atoms with van der Waals surface area (Å²) in [6, 6.07) is 0. The second-order valence-electron chi connectivity index (χ2n) is 15.4. The molecule has 124 heavy (non-hydrogen) atoms. The van der Waals surface area contributed by atoms with Gasteiger partial charge in [0.25, 0.3) is 0 Å². The molecule has 0 aromatic heterocycles. The maximum atomic E-state index is 3.32. The Morgan fingerprint density at radius 1 is 0.0403 bits per heavy atom. The van der Waals surface area contributed by atoms with E-state index in [1.807, 2.05) is 0 Å². The van der Waals surface area contributed by atoms with E-state index in [9.17, 15) is 0 Å². The summed E-state index contributed by atoms with van der Waals surface area (Å²) >= 11 is 0. The average molecular weight is 1490 g/mol. The van der Waals surface area contributed by atoms with Crippen LogP contribution in [0.15, 0.2) is 712 Å². The second kappa shape index (κ2) is 95.9. The maximum Gasteiger partial charge on any atom is 0 e. The van der Waals surface area contributed by atoms with E-state index in [-0.39, 0.29) is 0 Å². The molecule has 0 heteroatoms. The number of hydrogen-bond donors (Lipinski definition) is 0. The maximum absolute atomic E-state index is 3.32. The molecule has 0 radical (unpaired) electrons. The summed E-state index contributed by atoms with van der Waals surface area (Å²) in [5.41, 5.74) is 304. The molecule has 0 aliphatic carbocycles. The fourth-order valence-electron chi connectivity index (χ4n) is 3.78. The van der Waals surface area contributed by atoms with Crippen LogP contribution in [0.2, 0.25) is 0 Å². The highest BCUT2D eigenvalue weighted by Crippen LogP contribution is 1.69. The first kappa shape index (κ1) is 96.9. The van der Waals surface area contributed by atoms with Gasteiger partial charge in [0.05, 0.1) is 0 Å². The van der Waals surface area contributed by atoms with Crippen LogP contribution in [-0.2, 0) is 0 Å². The van der Waals surface area contributed by atoms with Crippen LogP contribution < -0.4 is 0 Å². The van der Waals surface area contributed by atoms with Crippen LogP contribution in [0, 0.1) is 0 Å². The van der Waals surface area contributed by atoms with Crippen LogP contribution in [0.1, 0.15) is 0 Å². The largest absolute Gasteiger partial charge is 0.0687 e. The van der Waals surface area contributed by atoms with Crippen molar-refractivity contribution in [3.8, 4) is 0 Å². The summed E-state index contributed by atoms with van der Waals surface area (Å²) in [7, 11) is 0. The van der Waals surface area contributed by atoms with Crippen molar-refractivity contribution in [2.45, 2.75) is 0 Å². The standard InChI is InChI=1S/C124H4/c1-3-5-7-9-11-13-15-17-19-21-23-25-27-29-31-33-35-37-39-41-43-45-47-49-51-53-55-57-59-61-63-65-67-69-71-73-75-77-79-81-83-85-87-89-91-93-95-97-99-101-103-105-107-109-111-113-115-117-119-121-123-124-122-120-118-116-114-112-110-108-106-104-102-100-98-96-94-92-90-88-86-84-82-80-78-76-74-72-70-68-66-64-62-60-58-56-54-52-50-48-46-44-42-40-38-36-34-32-30-28-26-24-22-20-18-16-14-12-10-8-6-4-2/h1-2H2. The van der Waals surface area contributed by atoms with E-state index >= 15 is 0 Å². The van der Waals surface area contributed by atoms with Crippen molar-refractivity contribution in [1.82, 2.24) is 0 Å². The number of rotatable bonds is 0. The zero-order chi connectivity index (χ0) is 88.3. The monoisotopic (exact) mass is 1490 g/mol. The molecule has 0 aromatic carbocycles. The fraction of sp³-hybridized carbons (Fsp3) is 0. The van der Waals surface area contributed by atoms with Crippen molar-refractivity contribution in [2.24, 2.45) is 0 Å². The highest BCUT2D eigenvalue weighted by Gasteiger charge is 1.53. The Bertz CT molecular complexity index is 9290. The molecule has 0 saturated carbocycles. The van der Waals surface area contributed by atoms with E-state index in [2.05, 4.69) is 712 Å². The third-order valence-corrected chi connectivity index (χ3v) is 7.61. The highest BCUT2D eigenvalue weighted by molar-refractivity contribution is 5.04. The molecule has 0 N–H and O–H groups in total. The predicted octanol–water partition coefficient (Wildman–Crippen LogP) is 19.7. The lowest BCUT2D eigenvalue weighted by atomic mass is 10.6. The van der Waals surface area contributed by atoms with Crippen molar-refractivity contribution in [3.63, 3.8) is 0 Å². The highest BCUT2D eigenvalue weighted by atomic mass is 13.5. The molecule has 0 fully saturated rings. The third-order valence-electron chi connectivity index (χ3n) is 7.61. The first-order valence-electron chi connectivity index (χ1n) is 31.0. The van der Waals surface area contributed by atoms with Gasteiger partial charge in [0.1, 0.15) is 0 Å². The molecule has 500 valence electrons. The van der Waals surface area contributed by atoms with Crippen LogP contribution in [0.4, 0.5) is 0 Å². The zero-order valence-corrected chi connectivity index (χ0v) is 62.4. The van der Waals surface area contributed by atoms with E-state index in [1.165, 1.54) is 0 Å². The Labute approximate surface area is 707 Å². The molecule has 0 atom stereocenters. The van der Waals surface area contributed by atoms with E-state index in [0.29, 0.717) is 0 Å². The fourth-order valence-corrected chi connectivity index (χ4v) is 3.78. The molecular formula is C124H4. The summed E-state index contributed by atoms with van der Waals surface area (Å²) < 4.78 is 0. The predicted molar refractivity (Wildman–Crippen MR) is 440 cm³/mol. The van der Waals surface area contributed by atoms with Crippen LogP contribution in [-0.4, -0.2) is 0 Å². The van der Waals surface area contributed by atoms with Gasteiger partial charge < -0.3 is 0 Å². The normalized spacial score (nSPS) is 3.97. The average Bonchev–Trinajstić information content (AvgIpc) is 1.21. The number of hydrogen-bond acceptors (Lipinski definition) is 0. The lowest BCUT2D eigenvalue weighted by molar-refractivity contribution is 2.10. The SMILES string of the molecule is C=C=C=C=C=C=C=C=C=C=C=C=C=C=C=C=C=C=C=C=C=C=C=C=C=C=C=C=C=C=C=C=C=C=C=C=C=C=C=C=C=C=C=C=C=C=C=C=C=C=C=C=C=C=C=C=C=C=C=C=C=C=C=C=C=C=C=C=C=C=C=C=C=C=C=C=C=C=C=C=C=C=C=C=C=C=C=C=C=C=C=C=C=C=C=C=C=C=C=C=C=C=C=C=C=C=C=C=C=C=C=C=C=C=C=C=C=C=C=C=C=C=C=C. The Balaban J connectivity index is 6.20. The minimum atomic E-state index is 2.37. The van der Waals surface area contributed by atoms with Crippen molar-refractivity contribution in [1.29, 1.82) is 0 Å². The quantitative estimate of drug-likeness (QED) is 0.212. The van der Waals surface area contributed by atoms with Crippen LogP contribution in [0.3, 0.4) is 0 Å². The van der Waals surface area contributed by atoms with Crippen LogP contribution in [0.25, 0.3) is 0 Å². The van der Waals surface area contributed by atoms with E-state index in [1.54, 1.807) is 0 Å². The molecule has 0 heterocycles. The third kappa shape index (κ3) is 94.9. The van der Waals surface area contributed by atoms with Gasteiger partial charge in [0.2, 0.25) is 0 Å². The van der Waals surface area contributed by atoms with Crippen LogP contribution >= 0.6 is 0 Å². The Hall–Kier alpha value is -27.1. The van der Waals surface area contributed by atoms with E-state index in [0.717, 1.165) is 0 Å². The minimum Gasteiger partial charge on any atom is -0.0687 e. The molecule has 0 spiro atoms. The summed E-state index contributed by atoms with van der Waals surface area (Å²) in [6.07, 6.45) is 0. The van der Waals surface area contributed by atoms with Gasteiger partial charge in [-0.3, -0.25) is 0 Å². The Morgan fingerprint density at radius 3 is 0.0887 bits per heavy atom.